The first-order chi connectivity index (χ1) is 10.6. The molecule has 0 aliphatic carbocycles. The van der Waals surface area contributed by atoms with Crippen molar-refractivity contribution in [3.63, 3.8) is 0 Å². The summed E-state index contributed by atoms with van der Waals surface area (Å²) in [6.45, 7) is 5.51. The molecule has 1 fully saturated rings. The van der Waals surface area contributed by atoms with Gasteiger partial charge >= 0.3 is 6.03 Å². The number of urea groups is 1. The number of carbonyl (C=O) groups excluding carboxylic acids is 1. The van der Waals surface area contributed by atoms with E-state index in [2.05, 4.69) is 10.3 Å². The number of hydrogen-bond acceptors (Lipinski definition) is 5. The van der Waals surface area contributed by atoms with E-state index in [0.717, 1.165) is 4.88 Å². The molecular weight excluding hydrogens is 302 g/mol. The van der Waals surface area contributed by atoms with Crippen molar-refractivity contribution in [1.82, 2.24) is 15.2 Å². The van der Waals surface area contributed by atoms with Crippen LogP contribution < -0.4 is 5.32 Å². The zero-order valence-corrected chi connectivity index (χ0v) is 13.4. The molecule has 0 radical (unpaired) electrons. The normalized spacial score (nSPS) is 21.8. The Morgan fingerprint density at radius 3 is 2.91 bits per heavy atom. The molecule has 0 aromatic carbocycles. The summed E-state index contributed by atoms with van der Waals surface area (Å²) in [5.41, 5.74) is 0.714. The Morgan fingerprint density at radius 1 is 1.45 bits per heavy atom. The molecule has 3 rings (SSSR count). The lowest BCUT2D eigenvalue weighted by molar-refractivity contribution is -0.0545. The van der Waals surface area contributed by atoms with Gasteiger partial charge in [0.2, 0.25) is 5.89 Å². The Kier molecular flexibility index (Phi) is 4.44. The molecule has 7 heteroatoms. The highest BCUT2D eigenvalue weighted by molar-refractivity contribution is 7.13. The topological polar surface area (TPSA) is 67.6 Å². The number of morpholine rings is 1. The number of carbonyl (C=O) groups is 1. The molecule has 3 heterocycles. The van der Waals surface area contributed by atoms with Crippen LogP contribution in [0.5, 0.6) is 0 Å². The largest absolute Gasteiger partial charge is 0.443 e. The highest BCUT2D eigenvalue weighted by Crippen LogP contribution is 2.23. The summed E-state index contributed by atoms with van der Waals surface area (Å²) < 4.78 is 11.1. The molecule has 2 aromatic rings. The summed E-state index contributed by atoms with van der Waals surface area (Å²) in [5.74, 6) is 0.591. The number of oxazole rings is 1. The Hall–Kier alpha value is -1.86. The molecule has 118 valence electrons. The molecule has 0 bridgehead atoms. The highest BCUT2D eigenvalue weighted by atomic mass is 32.1. The maximum atomic E-state index is 12.2. The number of nitrogens with zero attached hydrogens (tertiary/aromatic N) is 2. The molecule has 22 heavy (non-hydrogen) atoms. The van der Waals surface area contributed by atoms with Gasteiger partial charge in [-0.1, -0.05) is 6.07 Å². The molecule has 2 unspecified atom stereocenters. The van der Waals surface area contributed by atoms with Crippen molar-refractivity contribution in [2.75, 3.05) is 13.1 Å². The van der Waals surface area contributed by atoms with Gasteiger partial charge in [0.1, 0.15) is 6.26 Å². The van der Waals surface area contributed by atoms with Crippen LogP contribution in [0.15, 0.2) is 28.2 Å². The molecule has 2 aromatic heterocycles. The van der Waals surface area contributed by atoms with Gasteiger partial charge in [0.15, 0.2) is 0 Å². The van der Waals surface area contributed by atoms with Gasteiger partial charge in [0.25, 0.3) is 0 Å². The summed E-state index contributed by atoms with van der Waals surface area (Å²) in [4.78, 5) is 19.3. The Labute approximate surface area is 133 Å². The minimum absolute atomic E-state index is 0.0620. The van der Waals surface area contributed by atoms with Crippen molar-refractivity contribution in [3.8, 4) is 10.8 Å². The lowest BCUT2D eigenvalue weighted by Crippen LogP contribution is -2.51. The fraction of sp³-hybridized carbons (Fsp3) is 0.467. The van der Waals surface area contributed by atoms with Crippen molar-refractivity contribution in [3.05, 3.63) is 29.5 Å². The second-order valence-corrected chi connectivity index (χ2v) is 6.39. The van der Waals surface area contributed by atoms with Crippen LogP contribution in [0.25, 0.3) is 10.8 Å². The first-order valence-corrected chi connectivity index (χ1v) is 8.16. The van der Waals surface area contributed by atoms with Crippen LogP contribution in [0.1, 0.15) is 19.5 Å². The molecule has 0 saturated carbocycles. The van der Waals surface area contributed by atoms with Gasteiger partial charge in [0.05, 0.1) is 29.3 Å². The molecule has 2 amide bonds. The van der Waals surface area contributed by atoms with Crippen molar-refractivity contribution in [2.45, 2.75) is 32.6 Å². The van der Waals surface area contributed by atoms with Gasteiger partial charge in [0, 0.05) is 13.1 Å². The fourth-order valence-electron chi connectivity index (χ4n) is 2.52. The summed E-state index contributed by atoms with van der Waals surface area (Å²) >= 11 is 1.57. The van der Waals surface area contributed by atoms with Gasteiger partial charge in [-0.05, 0) is 25.3 Å². The minimum Gasteiger partial charge on any atom is -0.443 e. The van der Waals surface area contributed by atoms with Crippen LogP contribution in [0.4, 0.5) is 4.79 Å². The quantitative estimate of drug-likeness (QED) is 0.944. The third-order valence-corrected chi connectivity index (χ3v) is 4.27. The fourth-order valence-corrected chi connectivity index (χ4v) is 3.18. The second-order valence-electron chi connectivity index (χ2n) is 5.44. The van der Waals surface area contributed by atoms with E-state index in [-0.39, 0.29) is 18.2 Å². The van der Waals surface area contributed by atoms with Crippen molar-refractivity contribution < 1.29 is 13.9 Å². The molecule has 2 atom stereocenters. The number of amides is 2. The summed E-state index contributed by atoms with van der Waals surface area (Å²) in [6.07, 6.45) is 1.71. The lowest BCUT2D eigenvalue weighted by Gasteiger charge is -2.35. The van der Waals surface area contributed by atoms with Crippen LogP contribution in [0.3, 0.4) is 0 Å². The van der Waals surface area contributed by atoms with Crippen molar-refractivity contribution in [1.29, 1.82) is 0 Å². The number of rotatable bonds is 3. The lowest BCUT2D eigenvalue weighted by atomic mass is 10.2. The van der Waals surface area contributed by atoms with Crippen LogP contribution in [0, 0.1) is 0 Å². The molecule has 0 spiro atoms. The van der Waals surface area contributed by atoms with Crippen molar-refractivity contribution >= 4 is 17.4 Å². The van der Waals surface area contributed by atoms with Gasteiger partial charge in [-0.2, -0.15) is 0 Å². The van der Waals surface area contributed by atoms with Crippen LogP contribution in [0.2, 0.25) is 0 Å². The summed E-state index contributed by atoms with van der Waals surface area (Å²) in [7, 11) is 0. The molecule has 1 aliphatic rings. The van der Waals surface area contributed by atoms with E-state index in [1.165, 1.54) is 0 Å². The third kappa shape index (κ3) is 3.48. The van der Waals surface area contributed by atoms with E-state index in [1.54, 1.807) is 22.5 Å². The van der Waals surface area contributed by atoms with E-state index in [4.69, 9.17) is 9.15 Å². The van der Waals surface area contributed by atoms with E-state index in [0.29, 0.717) is 31.2 Å². The number of nitrogens with one attached hydrogen (secondary N) is 1. The van der Waals surface area contributed by atoms with Gasteiger partial charge < -0.3 is 19.4 Å². The Morgan fingerprint density at radius 2 is 2.23 bits per heavy atom. The van der Waals surface area contributed by atoms with Crippen molar-refractivity contribution in [2.24, 2.45) is 0 Å². The molecular formula is C15H19N3O3S. The smallest absolute Gasteiger partial charge is 0.317 e. The summed E-state index contributed by atoms with van der Waals surface area (Å²) in [5, 5.41) is 4.85. The predicted molar refractivity (Wildman–Crippen MR) is 83.6 cm³/mol. The highest BCUT2D eigenvalue weighted by Gasteiger charge is 2.25. The average Bonchev–Trinajstić information content (AvgIpc) is 3.14. The monoisotopic (exact) mass is 321 g/mol. The Bertz CT molecular complexity index is 616. The zero-order valence-electron chi connectivity index (χ0n) is 12.6. The Balaban J connectivity index is 1.55. The van der Waals surface area contributed by atoms with E-state index in [9.17, 15) is 4.79 Å². The van der Waals surface area contributed by atoms with Crippen LogP contribution >= 0.6 is 11.3 Å². The third-order valence-electron chi connectivity index (χ3n) is 3.41. The number of hydrogen-bond donors (Lipinski definition) is 1. The van der Waals surface area contributed by atoms with Crippen LogP contribution in [-0.4, -0.2) is 41.2 Å². The minimum atomic E-state index is -0.0947. The zero-order chi connectivity index (χ0) is 15.5. The first-order valence-electron chi connectivity index (χ1n) is 7.28. The maximum Gasteiger partial charge on any atom is 0.317 e. The van der Waals surface area contributed by atoms with E-state index in [1.807, 2.05) is 31.4 Å². The molecule has 1 aliphatic heterocycles. The first kappa shape index (κ1) is 15.1. The molecule has 6 nitrogen and oxygen atoms in total. The number of aromatic nitrogens is 1. The molecule has 1 N–H and O–H groups in total. The second kappa shape index (κ2) is 6.50. The van der Waals surface area contributed by atoms with Crippen LogP contribution in [-0.2, 0) is 11.3 Å². The number of ether oxygens (including phenoxy) is 1. The SMILES string of the molecule is CC1CN(C(=O)NCc2coc(-c3cccs3)n2)CC(C)O1. The van der Waals surface area contributed by atoms with Gasteiger partial charge in [-0.3, -0.25) is 0 Å². The van der Waals surface area contributed by atoms with Gasteiger partial charge in [-0.15, -0.1) is 11.3 Å². The standard InChI is InChI=1S/C15H19N3O3S/c1-10-7-18(8-11(2)21-10)15(19)16-6-12-9-20-14(17-12)13-4-3-5-22-13/h3-5,9-11H,6-8H2,1-2H3,(H,16,19). The maximum absolute atomic E-state index is 12.2. The summed E-state index contributed by atoms with van der Waals surface area (Å²) in [6, 6.07) is 3.81. The number of thiophene rings is 1. The van der Waals surface area contributed by atoms with E-state index >= 15 is 0 Å². The predicted octanol–water partition coefficient (Wildman–Crippen LogP) is 2.72. The van der Waals surface area contributed by atoms with Gasteiger partial charge in [-0.25, -0.2) is 9.78 Å². The molecule has 1 saturated heterocycles. The average molecular weight is 321 g/mol. The van der Waals surface area contributed by atoms with E-state index < -0.39 is 0 Å².